The Kier molecular flexibility index (Phi) is 10.6. The molecule has 1 aliphatic rings. The highest BCUT2D eigenvalue weighted by molar-refractivity contribution is 5.78. The van der Waals surface area contributed by atoms with E-state index in [1.807, 2.05) is 0 Å². The van der Waals surface area contributed by atoms with Crippen molar-refractivity contribution < 1.29 is 32.2 Å². The van der Waals surface area contributed by atoms with Gasteiger partial charge in [-0.15, -0.1) is 0 Å². The van der Waals surface area contributed by atoms with Crippen LogP contribution in [0.1, 0.15) is 65.2 Å². The molecule has 2 atom stereocenters. The van der Waals surface area contributed by atoms with Gasteiger partial charge >= 0.3 is 5.97 Å². The smallest absolute Gasteiger partial charge is 0.340 e. The van der Waals surface area contributed by atoms with Gasteiger partial charge in [-0.1, -0.05) is 69.4 Å². The first-order valence-corrected chi connectivity index (χ1v) is 14.3. The van der Waals surface area contributed by atoms with Crippen LogP contribution in [0.2, 0.25) is 0 Å². The Morgan fingerprint density at radius 1 is 0.825 bits per heavy atom. The normalized spacial score (nSPS) is 17.0. The lowest BCUT2D eigenvalue weighted by Crippen LogP contribution is -2.35. The summed E-state index contributed by atoms with van der Waals surface area (Å²) in [4.78, 5) is 12.6. The number of unbranched alkanes of at least 4 members (excludes halogenated alkanes) is 4. The maximum atomic E-state index is 14.9. The maximum absolute atomic E-state index is 14.9. The lowest BCUT2D eigenvalue weighted by atomic mass is 9.93. The third kappa shape index (κ3) is 7.45. The molecule has 0 N–H and O–H groups in total. The molecule has 0 aromatic heterocycles. The molecule has 0 radical (unpaired) electrons. The number of hydrogen-bond acceptors (Lipinski definition) is 4. The van der Waals surface area contributed by atoms with E-state index in [0.29, 0.717) is 35.6 Å². The van der Waals surface area contributed by atoms with Crippen molar-refractivity contribution in [1.82, 2.24) is 0 Å². The van der Waals surface area contributed by atoms with Crippen molar-refractivity contribution in [3.63, 3.8) is 0 Å². The highest BCUT2D eigenvalue weighted by Crippen LogP contribution is 2.33. The number of carbonyl (C=O) groups is 1. The summed E-state index contributed by atoms with van der Waals surface area (Å²) in [7, 11) is 0. The lowest BCUT2D eigenvalue weighted by molar-refractivity contribution is -0.152. The van der Waals surface area contributed by atoms with Gasteiger partial charge in [-0.3, -0.25) is 0 Å². The molecule has 1 heterocycles. The van der Waals surface area contributed by atoms with E-state index in [1.165, 1.54) is 56.4 Å². The lowest BCUT2D eigenvalue weighted by Gasteiger charge is -2.27. The molecule has 0 spiro atoms. The van der Waals surface area contributed by atoms with Crippen LogP contribution in [0.3, 0.4) is 0 Å². The molecule has 214 valence electrons. The van der Waals surface area contributed by atoms with Gasteiger partial charge in [-0.05, 0) is 73.1 Å². The van der Waals surface area contributed by atoms with Crippen LogP contribution in [0.15, 0.2) is 54.6 Å². The standard InChI is InChI=1S/C33H37F3O4/c1-3-5-6-7-8-9-22-10-17-30(39-21-22)33(37)40-28-18-15-25(20-27(28)34)23-11-13-24(14-12-23)26-16-19-29(38-4-2)32(36)31(26)35/h11-16,18-20,22,30H,3-10,17,21H2,1-2H3. The van der Waals surface area contributed by atoms with Gasteiger partial charge in [0.15, 0.2) is 29.2 Å². The fourth-order valence-corrected chi connectivity index (χ4v) is 5.06. The summed E-state index contributed by atoms with van der Waals surface area (Å²) < 4.78 is 59.9. The minimum atomic E-state index is -1.04. The molecule has 0 amide bonds. The number of carbonyl (C=O) groups excluding carboxylic acids is 1. The molecule has 1 saturated heterocycles. The van der Waals surface area contributed by atoms with Crippen molar-refractivity contribution in [2.75, 3.05) is 13.2 Å². The molecule has 1 fully saturated rings. The van der Waals surface area contributed by atoms with E-state index in [0.717, 1.165) is 12.8 Å². The second-order valence-electron chi connectivity index (χ2n) is 10.3. The van der Waals surface area contributed by atoms with Crippen LogP contribution < -0.4 is 9.47 Å². The van der Waals surface area contributed by atoms with Gasteiger partial charge in [-0.25, -0.2) is 13.6 Å². The molecule has 0 bridgehead atoms. The van der Waals surface area contributed by atoms with Crippen molar-refractivity contribution >= 4 is 5.97 Å². The Morgan fingerprint density at radius 3 is 2.20 bits per heavy atom. The van der Waals surface area contributed by atoms with Gasteiger partial charge in [0.2, 0.25) is 5.82 Å². The van der Waals surface area contributed by atoms with Crippen LogP contribution >= 0.6 is 0 Å². The molecule has 0 saturated carbocycles. The molecule has 40 heavy (non-hydrogen) atoms. The summed E-state index contributed by atoms with van der Waals surface area (Å²) >= 11 is 0. The van der Waals surface area contributed by atoms with Gasteiger partial charge in [0.05, 0.1) is 13.2 Å². The number of benzene rings is 3. The van der Waals surface area contributed by atoms with E-state index >= 15 is 0 Å². The number of esters is 1. The van der Waals surface area contributed by atoms with Gasteiger partial charge in [0.1, 0.15) is 0 Å². The molecule has 4 rings (SSSR count). The Hall–Kier alpha value is -3.32. The average Bonchev–Trinajstić information content (AvgIpc) is 2.97. The van der Waals surface area contributed by atoms with Gasteiger partial charge in [0.25, 0.3) is 0 Å². The quantitative estimate of drug-likeness (QED) is 0.127. The van der Waals surface area contributed by atoms with Crippen LogP contribution in [-0.2, 0) is 9.53 Å². The third-order valence-electron chi connectivity index (χ3n) is 7.37. The molecule has 7 heteroatoms. The zero-order valence-corrected chi connectivity index (χ0v) is 23.2. The minimum absolute atomic E-state index is 0.101. The second-order valence-corrected chi connectivity index (χ2v) is 10.3. The molecule has 2 unspecified atom stereocenters. The number of hydrogen-bond donors (Lipinski definition) is 0. The zero-order valence-electron chi connectivity index (χ0n) is 23.2. The maximum Gasteiger partial charge on any atom is 0.340 e. The average molecular weight is 555 g/mol. The van der Waals surface area contributed by atoms with E-state index in [-0.39, 0.29) is 23.7 Å². The zero-order chi connectivity index (χ0) is 28.5. The molecule has 1 aliphatic heterocycles. The van der Waals surface area contributed by atoms with E-state index < -0.39 is 29.5 Å². The summed E-state index contributed by atoms with van der Waals surface area (Å²) in [5.41, 5.74) is 1.80. The summed E-state index contributed by atoms with van der Waals surface area (Å²) in [6, 6.07) is 13.9. The summed E-state index contributed by atoms with van der Waals surface area (Å²) in [5.74, 6) is -3.11. The van der Waals surface area contributed by atoms with Crippen LogP contribution in [0.5, 0.6) is 11.5 Å². The van der Waals surface area contributed by atoms with Crippen LogP contribution in [-0.4, -0.2) is 25.3 Å². The SMILES string of the molecule is CCCCCCCC1CCC(C(=O)Oc2ccc(-c3ccc(-c4ccc(OCC)c(F)c4F)cc3)cc2F)OC1. The van der Waals surface area contributed by atoms with Crippen molar-refractivity contribution in [1.29, 1.82) is 0 Å². The molecule has 0 aliphatic carbocycles. The molecule has 3 aromatic carbocycles. The Labute approximate surface area is 234 Å². The first kappa shape index (κ1) is 29.7. The summed E-state index contributed by atoms with van der Waals surface area (Å²) in [6.07, 6.45) is 8.07. The molecular formula is C33H37F3O4. The number of ether oxygens (including phenoxy) is 3. The predicted octanol–water partition coefficient (Wildman–Crippen LogP) is 8.90. The topological polar surface area (TPSA) is 44.8 Å². The monoisotopic (exact) mass is 554 g/mol. The van der Waals surface area contributed by atoms with Crippen molar-refractivity contribution in [2.45, 2.75) is 71.3 Å². The molecular weight excluding hydrogens is 517 g/mol. The number of halogens is 3. The van der Waals surface area contributed by atoms with Crippen molar-refractivity contribution in [3.8, 4) is 33.8 Å². The van der Waals surface area contributed by atoms with Gasteiger partial charge < -0.3 is 14.2 Å². The first-order valence-electron chi connectivity index (χ1n) is 14.3. The number of rotatable bonds is 12. The Bertz CT molecular complexity index is 1270. The highest BCUT2D eigenvalue weighted by atomic mass is 19.2. The van der Waals surface area contributed by atoms with Crippen molar-refractivity contribution in [2.24, 2.45) is 5.92 Å². The Balaban J connectivity index is 1.33. The van der Waals surface area contributed by atoms with E-state index in [1.54, 1.807) is 37.3 Å². The van der Waals surface area contributed by atoms with E-state index in [9.17, 15) is 18.0 Å². The fourth-order valence-electron chi connectivity index (χ4n) is 5.06. The van der Waals surface area contributed by atoms with Crippen LogP contribution in [0.25, 0.3) is 22.3 Å². The summed E-state index contributed by atoms with van der Waals surface area (Å²) in [6.45, 7) is 4.65. The van der Waals surface area contributed by atoms with Crippen molar-refractivity contribution in [3.05, 3.63) is 72.0 Å². The fraction of sp³-hybridized carbons (Fsp3) is 0.424. The third-order valence-corrected chi connectivity index (χ3v) is 7.37. The second kappa shape index (κ2) is 14.4. The Morgan fingerprint density at radius 2 is 1.52 bits per heavy atom. The predicted molar refractivity (Wildman–Crippen MR) is 150 cm³/mol. The van der Waals surface area contributed by atoms with Gasteiger partial charge in [-0.2, -0.15) is 4.39 Å². The van der Waals surface area contributed by atoms with E-state index in [2.05, 4.69) is 6.92 Å². The summed E-state index contributed by atoms with van der Waals surface area (Å²) in [5, 5.41) is 0. The largest absolute Gasteiger partial charge is 0.491 e. The van der Waals surface area contributed by atoms with Crippen LogP contribution in [0.4, 0.5) is 13.2 Å². The molecule has 4 nitrogen and oxygen atoms in total. The van der Waals surface area contributed by atoms with E-state index in [4.69, 9.17) is 14.2 Å². The van der Waals surface area contributed by atoms with Crippen LogP contribution in [0, 0.1) is 23.4 Å². The first-order chi connectivity index (χ1) is 19.4. The highest BCUT2D eigenvalue weighted by Gasteiger charge is 2.29. The van der Waals surface area contributed by atoms with Gasteiger partial charge in [0, 0.05) is 5.56 Å². The molecule has 3 aromatic rings. The minimum Gasteiger partial charge on any atom is -0.491 e.